The predicted molar refractivity (Wildman–Crippen MR) is 171 cm³/mol. The van der Waals surface area contributed by atoms with Crippen molar-refractivity contribution in [3.63, 3.8) is 0 Å². The maximum Gasteiger partial charge on any atom is 0.179 e. The summed E-state index contributed by atoms with van der Waals surface area (Å²) in [6, 6.07) is 21.2. The number of rotatable bonds is 13. The zero-order chi connectivity index (χ0) is 30.3. The van der Waals surface area contributed by atoms with Crippen LogP contribution in [0.1, 0.15) is 75.0 Å². The van der Waals surface area contributed by atoms with Gasteiger partial charge in [0.2, 0.25) is 0 Å². The fourth-order valence-corrected chi connectivity index (χ4v) is 8.31. The van der Waals surface area contributed by atoms with Gasteiger partial charge in [0.25, 0.3) is 0 Å². The van der Waals surface area contributed by atoms with Crippen LogP contribution < -0.4 is 14.4 Å². The largest absolute Gasteiger partial charge is 0.490 e. The van der Waals surface area contributed by atoms with E-state index in [1.54, 1.807) is 6.07 Å². The van der Waals surface area contributed by atoms with E-state index in [2.05, 4.69) is 13.8 Å². The molecule has 7 heteroatoms. The first kappa shape index (κ1) is 31.9. The molecule has 3 aromatic carbocycles. The topological polar surface area (TPSA) is 76.1 Å². The molecule has 0 saturated heterocycles. The van der Waals surface area contributed by atoms with Crippen molar-refractivity contribution in [3.05, 3.63) is 83.4 Å². The first-order valence-corrected chi connectivity index (χ1v) is 16.9. The number of sulfone groups is 1. The van der Waals surface area contributed by atoms with Crippen LogP contribution in [0.2, 0.25) is 0 Å². The van der Waals surface area contributed by atoms with Gasteiger partial charge in [0, 0.05) is 31.1 Å². The molecule has 3 aromatic rings. The van der Waals surface area contributed by atoms with Gasteiger partial charge in [0.05, 0.1) is 16.8 Å². The smallest absolute Gasteiger partial charge is 0.179 e. The number of hydrogen-bond donors (Lipinski definition) is 1. The van der Waals surface area contributed by atoms with Crippen LogP contribution in [0, 0.1) is 12.3 Å². The van der Waals surface area contributed by atoms with Crippen LogP contribution in [0.5, 0.6) is 11.5 Å². The Morgan fingerprint density at radius 3 is 1.93 bits per heavy atom. The van der Waals surface area contributed by atoms with E-state index in [9.17, 15) is 13.5 Å². The minimum atomic E-state index is -3.63. The summed E-state index contributed by atoms with van der Waals surface area (Å²) < 4.78 is 39.7. The molecule has 42 heavy (non-hydrogen) atoms. The van der Waals surface area contributed by atoms with E-state index in [1.165, 1.54) is 5.56 Å². The van der Waals surface area contributed by atoms with Crippen molar-refractivity contribution in [3.8, 4) is 11.5 Å². The number of nitrogens with zero attached hydrogens (tertiary/aromatic N) is 1. The Labute approximate surface area is 252 Å². The van der Waals surface area contributed by atoms with Crippen molar-refractivity contribution in [2.75, 3.05) is 38.0 Å². The molecule has 0 radical (unpaired) electrons. The van der Waals surface area contributed by atoms with Gasteiger partial charge in [-0.1, -0.05) is 69.4 Å². The normalized spacial score (nSPS) is 19.0. The molecule has 2 atom stereocenters. The Bertz CT molecular complexity index is 1390. The van der Waals surface area contributed by atoms with Gasteiger partial charge in [-0.3, -0.25) is 0 Å². The Morgan fingerprint density at radius 2 is 1.40 bits per heavy atom. The van der Waals surface area contributed by atoms with Crippen molar-refractivity contribution in [2.45, 2.75) is 76.2 Å². The lowest BCUT2D eigenvalue weighted by atomic mass is 9.68. The van der Waals surface area contributed by atoms with Crippen molar-refractivity contribution < 1.29 is 23.0 Å². The fourth-order valence-electron chi connectivity index (χ4n) is 6.12. The summed E-state index contributed by atoms with van der Waals surface area (Å²) in [6.45, 7) is 7.09. The molecule has 0 aliphatic carbocycles. The third-order valence-corrected chi connectivity index (χ3v) is 10.5. The van der Waals surface area contributed by atoms with Gasteiger partial charge in [-0.05, 0) is 73.4 Å². The highest BCUT2D eigenvalue weighted by Crippen LogP contribution is 2.50. The quantitative estimate of drug-likeness (QED) is 0.212. The second kappa shape index (κ2) is 14.0. The molecule has 1 N–H and O–H groups in total. The number of aliphatic hydroxyl groups is 1. The number of fused-ring (bicyclic) bond motifs is 1. The molecule has 0 bridgehead atoms. The van der Waals surface area contributed by atoms with Crippen LogP contribution >= 0.6 is 0 Å². The molecular weight excluding hydrogens is 546 g/mol. The van der Waals surface area contributed by atoms with Gasteiger partial charge in [0.1, 0.15) is 24.7 Å². The van der Waals surface area contributed by atoms with E-state index < -0.39 is 27.3 Å². The van der Waals surface area contributed by atoms with Gasteiger partial charge in [-0.25, -0.2) is 8.42 Å². The fraction of sp³-hybridized carbons (Fsp3) is 0.486. The molecule has 0 aromatic heterocycles. The molecule has 0 spiro atoms. The molecule has 0 unspecified atom stereocenters. The molecule has 0 amide bonds. The number of anilines is 1. The highest BCUT2D eigenvalue weighted by Gasteiger charge is 2.49. The van der Waals surface area contributed by atoms with Gasteiger partial charge in [-0.2, -0.15) is 0 Å². The average Bonchev–Trinajstić information content (AvgIpc) is 3.04. The second-order valence-corrected chi connectivity index (χ2v) is 13.9. The predicted octanol–water partition coefficient (Wildman–Crippen LogP) is 7.17. The Morgan fingerprint density at radius 1 is 0.857 bits per heavy atom. The van der Waals surface area contributed by atoms with E-state index in [4.69, 9.17) is 9.47 Å². The molecular formula is C35H47NO5S. The van der Waals surface area contributed by atoms with Crippen molar-refractivity contribution in [2.24, 2.45) is 5.41 Å². The Balaban J connectivity index is 1.66. The van der Waals surface area contributed by atoms with Crippen LogP contribution in [-0.2, 0) is 9.84 Å². The maximum absolute atomic E-state index is 14.0. The van der Waals surface area contributed by atoms with E-state index in [0.29, 0.717) is 42.3 Å². The summed E-state index contributed by atoms with van der Waals surface area (Å²) in [5.74, 6) is 0.994. The summed E-state index contributed by atoms with van der Waals surface area (Å²) in [4.78, 5) is 2.30. The highest BCUT2D eigenvalue weighted by molar-refractivity contribution is 7.91. The van der Waals surface area contributed by atoms with Gasteiger partial charge in [-0.15, -0.1) is 0 Å². The van der Waals surface area contributed by atoms with Crippen LogP contribution in [0.25, 0.3) is 0 Å². The zero-order valence-electron chi connectivity index (χ0n) is 25.8. The summed E-state index contributed by atoms with van der Waals surface area (Å²) in [5.41, 5.74) is 2.92. The number of unbranched alkanes of at least 4 members (excludes halogenated alkanes) is 2. The maximum atomic E-state index is 14.0. The first-order valence-electron chi connectivity index (χ1n) is 15.2. The van der Waals surface area contributed by atoms with E-state index in [-0.39, 0.29) is 5.75 Å². The summed E-state index contributed by atoms with van der Waals surface area (Å²) in [6.07, 6.45) is 4.15. The number of hydrogen-bond acceptors (Lipinski definition) is 6. The number of benzene rings is 3. The van der Waals surface area contributed by atoms with Gasteiger partial charge >= 0.3 is 0 Å². The minimum absolute atomic E-state index is 0.0336. The van der Waals surface area contributed by atoms with Crippen LogP contribution in [0.15, 0.2) is 71.6 Å². The second-order valence-electron chi connectivity index (χ2n) is 11.9. The number of ether oxygens (including phenoxy) is 2. The number of aliphatic hydroxyl groups excluding tert-OH is 1. The lowest BCUT2D eigenvalue weighted by Crippen LogP contribution is -2.43. The van der Waals surface area contributed by atoms with Crippen LogP contribution in [0.4, 0.5) is 5.69 Å². The third kappa shape index (κ3) is 7.30. The van der Waals surface area contributed by atoms with Crippen molar-refractivity contribution >= 4 is 15.5 Å². The molecule has 0 fully saturated rings. The minimum Gasteiger partial charge on any atom is -0.490 e. The molecule has 1 aliphatic heterocycles. The molecule has 1 aliphatic rings. The summed E-state index contributed by atoms with van der Waals surface area (Å²) >= 11 is 0. The summed E-state index contributed by atoms with van der Waals surface area (Å²) in [5, 5.41) is 12.3. The molecule has 1 heterocycles. The molecule has 4 rings (SSSR count). The SMILES string of the molecule is CCCCC1(CCCC)CS(=O)(=O)c2ccc(N(C)C)cc2[C@H](c2ccc(OCCOc3ccc(C)cc3)cc2)[C@H]1O. The van der Waals surface area contributed by atoms with Crippen molar-refractivity contribution in [1.82, 2.24) is 0 Å². The van der Waals surface area contributed by atoms with E-state index >= 15 is 0 Å². The Hall–Kier alpha value is -3.03. The highest BCUT2D eigenvalue weighted by atomic mass is 32.2. The molecule has 228 valence electrons. The third-order valence-electron chi connectivity index (χ3n) is 8.54. The number of aryl methyl sites for hydroxylation is 1. The Kier molecular flexibility index (Phi) is 10.6. The lowest BCUT2D eigenvalue weighted by Gasteiger charge is -2.40. The van der Waals surface area contributed by atoms with E-state index in [1.807, 2.05) is 86.6 Å². The van der Waals surface area contributed by atoms with Gasteiger partial charge in [0.15, 0.2) is 9.84 Å². The monoisotopic (exact) mass is 593 g/mol. The first-order chi connectivity index (χ1) is 20.1. The lowest BCUT2D eigenvalue weighted by molar-refractivity contribution is 0.0127. The average molecular weight is 594 g/mol. The van der Waals surface area contributed by atoms with Gasteiger partial charge < -0.3 is 19.5 Å². The van der Waals surface area contributed by atoms with Crippen LogP contribution in [0.3, 0.4) is 0 Å². The molecule has 6 nitrogen and oxygen atoms in total. The zero-order valence-corrected chi connectivity index (χ0v) is 26.6. The van der Waals surface area contributed by atoms with Crippen molar-refractivity contribution in [1.29, 1.82) is 0 Å². The summed E-state index contributed by atoms with van der Waals surface area (Å²) in [7, 11) is 0.260. The van der Waals surface area contributed by atoms with E-state index in [0.717, 1.165) is 42.7 Å². The standard InChI is InChI=1S/C35H47NO5S/c1-6-8-20-35(21-9-7-2)25-42(38,39)32-19-14-28(36(4)5)24-31(32)33(34(35)37)27-12-17-30(18-13-27)41-23-22-40-29-15-10-26(3)11-16-29/h10-19,24,33-34,37H,6-9,20-23,25H2,1-5H3/t33-,34+/m0/s1. The van der Waals surface area contributed by atoms with Crippen LogP contribution in [-0.4, -0.2) is 52.7 Å². The molecule has 0 saturated carbocycles.